The second kappa shape index (κ2) is 6.72. The lowest BCUT2D eigenvalue weighted by molar-refractivity contribution is 0.189. The maximum absolute atomic E-state index is 5.15. The van der Waals surface area contributed by atoms with Crippen molar-refractivity contribution >= 4 is 11.8 Å². The van der Waals surface area contributed by atoms with Crippen LogP contribution < -0.4 is 0 Å². The molecule has 104 valence electrons. The SMILES string of the molecule is COCCCn1cnnc1SCc1c(C)noc1C. The molecule has 0 radical (unpaired) electrons. The first-order valence-corrected chi connectivity index (χ1v) is 7.12. The number of nitrogens with zero attached hydrogens (tertiary/aromatic N) is 4. The third-order valence-corrected chi connectivity index (χ3v) is 3.86. The molecule has 0 aromatic carbocycles. The maximum Gasteiger partial charge on any atom is 0.191 e. The second-order valence-corrected chi connectivity index (χ2v) is 5.19. The highest BCUT2D eigenvalue weighted by Crippen LogP contribution is 2.24. The average molecular weight is 282 g/mol. The largest absolute Gasteiger partial charge is 0.385 e. The zero-order valence-electron chi connectivity index (χ0n) is 11.4. The van der Waals surface area contributed by atoms with Crippen molar-refractivity contribution in [2.24, 2.45) is 0 Å². The summed E-state index contributed by atoms with van der Waals surface area (Å²) in [4.78, 5) is 0. The van der Waals surface area contributed by atoms with E-state index >= 15 is 0 Å². The molecule has 0 unspecified atom stereocenters. The van der Waals surface area contributed by atoms with Crippen LogP contribution in [0.3, 0.4) is 0 Å². The Labute approximate surface area is 116 Å². The van der Waals surface area contributed by atoms with Crippen LogP contribution in [0.2, 0.25) is 0 Å². The van der Waals surface area contributed by atoms with E-state index in [9.17, 15) is 0 Å². The molecule has 0 atom stereocenters. The van der Waals surface area contributed by atoms with Gasteiger partial charge in [-0.2, -0.15) is 0 Å². The number of hydrogen-bond acceptors (Lipinski definition) is 6. The van der Waals surface area contributed by atoms with Gasteiger partial charge in [0.15, 0.2) is 5.16 Å². The fourth-order valence-corrected chi connectivity index (χ4v) is 2.83. The highest BCUT2D eigenvalue weighted by atomic mass is 32.2. The summed E-state index contributed by atoms with van der Waals surface area (Å²) in [6.45, 7) is 5.49. The second-order valence-electron chi connectivity index (χ2n) is 4.24. The molecule has 2 aromatic rings. The molecule has 2 rings (SSSR count). The molecule has 0 amide bonds. The average Bonchev–Trinajstić information content (AvgIpc) is 2.96. The van der Waals surface area contributed by atoms with E-state index in [-0.39, 0.29) is 0 Å². The topological polar surface area (TPSA) is 66.0 Å². The third-order valence-electron chi connectivity index (χ3n) is 2.85. The van der Waals surface area contributed by atoms with Gasteiger partial charge in [-0.05, 0) is 20.3 Å². The standard InChI is InChI=1S/C12H18N4O2S/c1-9-11(10(2)18-15-9)7-19-12-14-13-8-16(12)5-4-6-17-3/h8H,4-7H2,1-3H3. The van der Waals surface area contributed by atoms with E-state index in [1.54, 1.807) is 25.2 Å². The van der Waals surface area contributed by atoms with Crippen LogP contribution >= 0.6 is 11.8 Å². The highest BCUT2D eigenvalue weighted by Gasteiger charge is 2.11. The van der Waals surface area contributed by atoms with Crippen molar-refractivity contribution in [1.29, 1.82) is 0 Å². The predicted octanol–water partition coefficient (Wildman–Crippen LogP) is 2.21. The Morgan fingerprint density at radius 3 is 2.95 bits per heavy atom. The van der Waals surface area contributed by atoms with Crippen LogP contribution in [0.1, 0.15) is 23.4 Å². The van der Waals surface area contributed by atoms with Gasteiger partial charge in [0.25, 0.3) is 0 Å². The van der Waals surface area contributed by atoms with Crippen molar-refractivity contribution in [3.8, 4) is 0 Å². The molecule has 6 nitrogen and oxygen atoms in total. The number of hydrogen-bond donors (Lipinski definition) is 0. The van der Waals surface area contributed by atoms with Crippen molar-refractivity contribution in [1.82, 2.24) is 19.9 Å². The van der Waals surface area contributed by atoms with Crippen molar-refractivity contribution in [3.05, 3.63) is 23.3 Å². The number of methoxy groups -OCH3 is 1. The zero-order valence-corrected chi connectivity index (χ0v) is 12.2. The molecule has 0 aliphatic carbocycles. The molecule has 0 N–H and O–H groups in total. The summed E-state index contributed by atoms with van der Waals surface area (Å²) >= 11 is 1.65. The summed E-state index contributed by atoms with van der Waals surface area (Å²) in [6.07, 6.45) is 2.71. The Morgan fingerprint density at radius 1 is 1.42 bits per heavy atom. The van der Waals surface area contributed by atoms with Crippen LogP contribution in [-0.2, 0) is 17.0 Å². The minimum Gasteiger partial charge on any atom is -0.385 e. The lowest BCUT2D eigenvalue weighted by atomic mass is 10.2. The predicted molar refractivity (Wildman–Crippen MR) is 72.1 cm³/mol. The number of ether oxygens (including phenoxy) is 1. The molecular formula is C12H18N4O2S. The molecule has 7 heteroatoms. The summed E-state index contributed by atoms with van der Waals surface area (Å²) < 4.78 is 12.2. The van der Waals surface area contributed by atoms with Crippen LogP contribution in [0.15, 0.2) is 16.0 Å². The van der Waals surface area contributed by atoms with Gasteiger partial charge in [0.2, 0.25) is 0 Å². The smallest absolute Gasteiger partial charge is 0.191 e. The van der Waals surface area contributed by atoms with E-state index in [1.807, 2.05) is 18.4 Å². The molecule has 2 heterocycles. The van der Waals surface area contributed by atoms with E-state index in [0.29, 0.717) is 0 Å². The van der Waals surface area contributed by atoms with E-state index in [2.05, 4.69) is 15.4 Å². The third kappa shape index (κ3) is 3.57. The number of thioether (sulfide) groups is 1. The summed E-state index contributed by atoms with van der Waals surface area (Å²) in [6, 6.07) is 0. The molecule has 0 bridgehead atoms. The van der Waals surface area contributed by atoms with Crippen molar-refractivity contribution in [2.75, 3.05) is 13.7 Å². The highest BCUT2D eigenvalue weighted by molar-refractivity contribution is 7.98. The molecule has 0 fully saturated rings. The molecule has 0 aliphatic heterocycles. The van der Waals surface area contributed by atoms with Gasteiger partial charge in [0, 0.05) is 31.6 Å². The molecule has 19 heavy (non-hydrogen) atoms. The first-order chi connectivity index (χ1) is 9.22. The van der Waals surface area contributed by atoms with Crippen LogP contribution in [0, 0.1) is 13.8 Å². The first-order valence-electron chi connectivity index (χ1n) is 6.13. The lowest BCUT2D eigenvalue weighted by Gasteiger charge is -2.05. The monoisotopic (exact) mass is 282 g/mol. The fraction of sp³-hybridized carbons (Fsp3) is 0.583. The molecule has 2 aromatic heterocycles. The molecule has 0 aliphatic rings. The minimum atomic E-state index is 0.742. The summed E-state index contributed by atoms with van der Waals surface area (Å²) in [5.74, 6) is 1.67. The maximum atomic E-state index is 5.15. The van der Waals surface area contributed by atoms with Gasteiger partial charge in [0.1, 0.15) is 12.1 Å². The Bertz CT molecular complexity index is 504. The van der Waals surface area contributed by atoms with Crippen LogP contribution in [0.4, 0.5) is 0 Å². The van der Waals surface area contributed by atoms with E-state index in [4.69, 9.17) is 9.26 Å². The van der Waals surface area contributed by atoms with Crippen molar-refractivity contribution in [2.45, 2.75) is 37.7 Å². The van der Waals surface area contributed by atoms with E-state index in [1.165, 1.54) is 0 Å². The lowest BCUT2D eigenvalue weighted by Crippen LogP contribution is -2.02. The number of aromatic nitrogens is 4. The van der Waals surface area contributed by atoms with Crippen molar-refractivity contribution < 1.29 is 9.26 Å². The van der Waals surface area contributed by atoms with Gasteiger partial charge in [0.05, 0.1) is 5.69 Å². The zero-order chi connectivity index (χ0) is 13.7. The molecule has 0 saturated heterocycles. The van der Waals surface area contributed by atoms with Gasteiger partial charge in [-0.1, -0.05) is 16.9 Å². The van der Waals surface area contributed by atoms with E-state index in [0.717, 1.165) is 47.5 Å². The molecular weight excluding hydrogens is 264 g/mol. The summed E-state index contributed by atoms with van der Waals surface area (Å²) in [5.41, 5.74) is 2.08. The van der Waals surface area contributed by atoms with Crippen LogP contribution in [0.5, 0.6) is 0 Å². The minimum absolute atomic E-state index is 0.742. The Kier molecular flexibility index (Phi) is 4.98. The number of aryl methyl sites for hydroxylation is 3. The Morgan fingerprint density at radius 2 is 2.26 bits per heavy atom. The van der Waals surface area contributed by atoms with Crippen molar-refractivity contribution in [3.63, 3.8) is 0 Å². The van der Waals surface area contributed by atoms with Crippen LogP contribution in [0.25, 0.3) is 0 Å². The van der Waals surface area contributed by atoms with E-state index < -0.39 is 0 Å². The summed E-state index contributed by atoms with van der Waals surface area (Å²) in [5, 5.41) is 13.0. The fourth-order valence-electron chi connectivity index (χ4n) is 1.73. The molecule has 0 saturated carbocycles. The normalized spacial score (nSPS) is 11.1. The summed E-state index contributed by atoms with van der Waals surface area (Å²) in [7, 11) is 1.71. The Balaban J connectivity index is 1.94. The first kappa shape index (κ1) is 14.1. The number of rotatable bonds is 7. The van der Waals surface area contributed by atoms with Gasteiger partial charge >= 0.3 is 0 Å². The van der Waals surface area contributed by atoms with Gasteiger partial charge < -0.3 is 13.8 Å². The van der Waals surface area contributed by atoms with Gasteiger partial charge in [-0.25, -0.2) is 0 Å². The Hall–Kier alpha value is -1.34. The molecule has 0 spiro atoms. The quantitative estimate of drug-likeness (QED) is 0.573. The van der Waals surface area contributed by atoms with Crippen LogP contribution in [-0.4, -0.2) is 33.6 Å². The van der Waals surface area contributed by atoms with Gasteiger partial charge in [-0.15, -0.1) is 10.2 Å². The van der Waals surface area contributed by atoms with Gasteiger partial charge in [-0.3, -0.25) is 0 Å².